The zero-order chi connectivity index (χ0) is 14.1. The van der Waals surface area contributed by atoms with Gasteiger partial charge in [-0.15, -0.1) is 0 Å². The van der Waals surface area contributed by atoms with Gasteiger partial charge in [0.15, 0.2) is 0 Å². The van der Waals surface area contributed by atoms with Crippen molar-refractivity contribution in [3.05, 3.63) is 53.6 Å². The highest BCUT2D eigenvalue weighted by Gasteiger charge is 2.31. The highest BCUT2D eigenvalue weighted by Crippen LogP contribution is 2.23. The van der Waals surface area contributed by atoms with Crippen LogP contribution in [0.25, 0.3) is 0 Å². The van der Waals surface area contributed by atoms with Crippen molar-refractivity contribution in [2.24, 2.45) is 5.73 Å². The van der Waals surface area contributed by atoms with Gasteiger partial charge in [-0.1, -0.05) is 30.3 Å². The molecule has 0 bridgehead atoms. The minimum atomic E-state index is -0.757. The monoisotopic (exact) mass is 270 g/mol. The second kappa shape index (κ2) is 4.99. The van der Waals surface area contributed by atoms with Crippen molar-refractivity contribution in [3.63, 3.8) is 0 Å². The number of carbonyl (C=O) groups is 1. The average Bonchev–Trinajstić information content (AvgIpc) is 2.46. The Morgan fingerprint density at radius 3 is 2.85 bits per heavy atom. The predicted molar refractivity (Wildman–Crippen MR) is 72.2 cm³/mol. The van der Waals surface area contributed by atoms with Gasteiger partial charge in [0, 0.05) is 12.8 Å². The second-order valence-corrected chi connectivity index (χ2v) is 4.74. The van der Waals surface area contributed by atoms with Gasteiger partial charge >= 0.3 is 0 Å². The van der Waals surface area contributed by atoms with Crippen LogP contribution in [-0.4, -0.2) is 27.1 Å². The standard InChI is InChI=1S/C14H14N4O2/c15-10-7-11-12(18(20)14(10)19)8-16-13(17-11)6-9-4-2-1-3-5-9/h1-5,8,10,20H,6-7,15H2/t10-/m0/s1. The summed E-state index contributed by atoms with van der Waals surface area (Å²) < 4.78 is 0. The maximum absolute atomic E-state index is 11.6. The minimum absolute atomic E-state index is 0.313. The summed E-state index contributed by atoms with van der Waals surface area (Å²) in [6, 6.07) is 9.10. The first-order chi connectivity index (χ1) is 9.65. The lowest BCUT2D eigenvalue weighted by molar-refractivity contribution is -0.125. The zero-order valence-corrected chi connectivity index (χ0v) is 10.7. The Hall–Kier alpha value is -2.31. The van der Waals surface area contributed by atoms with Crippen LogP contribution in [-0.2, 0) is 17.6 Å². The second-order valence-electron chi connectivity index (χ2n) is 4.74. The molecule has 102 valence electrons. The summed E-state index contributed by atoms with van der Waals surface area (Å²) in [6.45, 7) is 0. The summed E-state index contributed by atoms with van der Waals surface area (Å²) in [6.07, 6.45) is 2.38. The highest BCUT2D eigenvalue weighted by atomic mass is 16.5. The number of aromatic nitrogens is 2. The zero-order valence-electron chi connectivity index (χ0n) is 10.7. The van der Waals surface area contributed by atoms with E-state index in [9.17, 15) is 10.0 Å². The first-order valence-electron chi connectivity index (χ1n) is 6.32. The smallest absolute Gasteiger partial charge is 0.268 e. The van der Waals surface area contributed by atoms with Crippen LogP contribution < -0.4 is 10.8 Å². The molecule has 1 aliphatic heterocycles. The number of nitrogens with zero attached hydrogens (tertiary/aromatic N) is 3. The van der Waals surface area contributed by atoms with E-state index in [1.54, 1.807) is 0 Å². The summed E-state index contributed by atoms with van der Waals surface area (Å²) in [4.78, 5) is 20.1. The SMILES string of the molecule is N[C@H]1Cc2nc(Cc3ccccc3)ncc2N(O)C1=O. The van der Waals surface area contributed by atoms with Gasteiger partial charge in [-0.3, -0.25) is 10.0 Å². The summed E-state index contributed by atoms with van der Waals surface area (Å²) >= 11 is 0. The Bertz CT molecular complexity index is 645. The average molecular weight is 270 g/mol. The van der Waals surface area contributed by atoms with E-state index in [-0.39, 0.29) is 0 Å². The Morgan fingerprint density at radius 1 is 1.35 bits per heavy atom. The molecule has 6 nitrogen and oxygen atoms in total. The number of rotatable bonds is 2. The lowest BCUT2D eigenvalue weighted by Gasteiger charge is -2.26. The topological polar surface area (TPSA) is 92.3 Å². The van der Waals surface area contributed by atoms with E-state index in [4.69, 9.17) is 5.73 Å². The van der Waals surface area contributed by atoms with Gasteiger partial charge in [0.25, 0.3) is 5.91 Å². The van der Waals surface area contributed by atoms with Crippen LogP contribution in [0.1, 0.15) is 17.1 Å². The van der Waals surface area contributed by atoms with E-state index in [0.29, 0.717) is 35.1 Å². The predicted octanol–water partition coefficient (Wildman–Crippen LogP) is 0.673. The number of hydrogen-bond acceptors (Lipinski definition) is 5. The number of fused-ring (bicyclic) bond motifs is 1. The van der Waals surface area contributed by atoms with Crippen molar-refractivity contribution < 1.29 is 10.0 Å². The highest BCUT2D eigenvalue weighted by molar-refractivity contribution is 5.97. The molecule has 1 aromatic heterocycles. The maximum atomic E-state index is 11.6. The molecule has 20 heavy (non-hydrogen) atoms. The molecule has 1 amide bonds. The maximum Gasteiger partial charge on any atom is 0.268 e. The van der Waals surface area contributed by atoms with Crippen LogP contribution in [0.3, 0.4) is 0 Å². The molecule has 3 N–H and O–H groups in total. The van der Waals surface area contributed by atoms with E-state index in [1.807, 2.05) is 30.3 Å². The van der Waals surface area contributed by atoms with Crippen LogP contribution in [0.2, 0.25) is 0 Å². The Kier molecular flexibility index (Phi) is 3.17. The fourth-order valence-electron chi connectivity index (χ4n) is 2.21. The molecule has 0 radical (unpaired) electrons. The summed E-state index contributed by atoms with van der Waals surface area (Å²) in [5.41, 5.74) is 7.69. The van der Waals surface area contributed by atoms with Gasteiger partial charge < -0.3 is 5.73 Å². The molecule has 1 aromatic carbocycles. The van der Waals surface area contributed by atoms with Crippen molar-refractivity contribution in [2.45, 2.75) is 18.9 Å². The fourth-order valence-corrected chi connectivity index (χ4v) is 2.21. The van der Waals surface area contributed by atoms with E-state index in [2.05, 4.69) is 9.97 Å². The molecule has 0 saturated heterocycles. The lowest BCUT2D eigenvalue weighted by Crippen LogP contribution is -2.47. The number of nitrogens with two attached hydrogens (primary N) is 1. The van der Waals surface area contributed by atoms with Gasteiger partial charge in [-0.05, 0) is 5.56 Å². The molecule has 0 unspecified atom stereocenters. The van der Waals surface area contributed by atoms with Gasteiger partial charge in [0.2, 0.25) is 0 Å². The number of anilines is 1. The largest absolute Gasteiger partial charge is 0.319 e. The first-order valence-corrected chi connectivity index (χ1v) is 6.32. The summed E-state index contributed by atoms with van der Waals surface area (Å²) in [5.74, 6) is 0.113. The van der Waals surface area contributed by atoms with Gasteiger partial charge in [-0.2, -0.15) is 5.06 Å². The molecule has 0 aliphatic carbocycles. The molecule has 3 rings (SSSR count). The normalized spacial score (nSPS) is 18.0. The molecule has 1 aliphatic rings. The van der Waals surface area contributed by atoms with Crippen LogP contribution >= 0.6 is 0 Å². The molecule has 0 spiro atoms. The summed E-state index contributed by atoms with van der Waals surface area (Å²) in [7, 11) is 0. The Morgan fingerprint density at radius 2 is 2.10 bits per heavy atom. The molecule has 6 heteroatoms. The number of hydrogen-bond donors (Lipinski definition) is 2. The van der Waals surface area contributed by atoms with Crippen LogP contribution in [0.4, 0.5) is 5.69 Å². The number of carbonyl (C=O) groups excluding carboxylic acids is 1. The molecule has 0 fully saturated rings. The van der Waals surface area contributed by atoms with Crippen molar-refractivity contribution in [2.75, 3.05) is 5.06 Å². The van der Waals surface area contributed by atoms with E-state index in [0.717, 1.165) is 5.56 Å². The van der Waals surface area contributed by atoms with Gasteiger partial charge in [0.05, 0.1) is 17.9 Å². The van der Waals surface area contributed by atoms with E-state index in [1.165, 1.54) is 6.20 Å². The van der Waals surface area contributed by atoms with Gasteiger partial charge in [0.1, 0.15) is 11.5 Å². The quantitative estimate of drug-likeness (QED) is 0.783. The van der Waals surface area contributed by atoms with E-state index >= 15 is 0 Å². The Labute approximate surface area is 115 Å². The third kappa shape index (κ3) is 2.26. The number of amides is 1. The van der Waals surface area contributed by atoms with Crippen molar-refractivity contribution in [3.8, 4) is 0 Å². The third-order valence-electron chi connectivity index (χ3n) is 3.27. The van der Waals surface area contributed by atoms with Crippen LogP contribution in [0.15, 0.2) is 36.5 Å². The van der Waals surface area contributed by atoms with Crippen LogP contribution in [0, 0.1) is 0 Å². The lowest BCUT2D eigenvalue weighted by atomic mass is 10.1. The molecule has 0 saturated carbocycles. The number of hydroxylamine groups is 1. The van der Waals surface area contributed by atoms with E-state index < -0.39 is 11.9 Å². The minimum Gasteiger partial charge on any atom is -0.319 e. The van der Waals surface area contributed by atoms with Crippen molar-refractivity contribution in [1.29, 1.82) is 0 Å². The van der Waals surface area contributed by atoms with Crippen LogP contribution in [0.5, 0.6) is 0 Å². The van der Waals surface area contributed by atoms with Crippen molar-refractivity contribution in [1.82, 2.24) is 9.97 Å². The fraction of sp³-hybridized carbons (Fsp3) is 0.214. The van der Waals surface area contributed by atoms with Crippen molar-refractivity contribution >= 4 is 11.6 Å². The molecule has 2 heterocycles. The number of benzene rings is 1. The third-order valence-corrected chi connectivity index (χ3v) is 3.27. The molecule has 2 aromatic rings. The first kappa shape index (κ1) is 12.7. The molecule has 1 atom stereocenters. The Balaban J connectivity index is 1.90. The summed E-state index contributed by atoms with van der Waals surface area (Å²) in [5, 5.41) is 10.2. The molecular formula is C14H14N4O2. The molecular weight excluding hydrogens is 256 g/mol. The van der Waals surface area contributed by atoms with Gasteiger partial charge in [-0.25, -0.2) is 9.97 Å².